The molecule has 4 N–H and O–H groups in total. The number of unbranched alkanes of at least 4 members (excludes halogenated alkanes) is 13. The molecule has 0 aromatic rings. The average Bonchev–Trinajstić information content (AvgIpc) is 3.20. The lowest BCUT2D eigenvalue weighted by molar-refractivity contribution is -0.377. The van der Waals surface area contributed by atoms with Crippen molar-refractivity contribution in [2.75, 3.05) is 19.8 Å². The molecule has 0 aromatic heterocycles. The van der Waals surface area contributed by atoms with E-state index in [9.17, 15) is 24.9 Å². The van der Waals surface area contributed by atoms with E-state index in [1.807, 2.05) is 0 Å². The van der Waals surface area contributed by atoms with Gasteiger partial charge in [-0.05, 0) is 77.0 Å². The number of esters is 2. The van der Waals surface area contributed by atoms with Gasteiger partial charge in [0.15, 0.2) is 12.4 Å². The minimum Gasteiger partial charge on any atom is -0.462 e. The Kier molecular flexibility index (Phi) is 33.7. The number of rotatable bonds is 35. The molecule has 11 heteroatoms. The number of carbonyl (C=O) groups excluding carboxylic acids is 2. The van der Waals surface area contributed by atoms with Gasteiger partial charge in [-0.1, -0.05) is 126 Å². The molecule has 0 bridgehead atoms. The predicted molar refractivity (Wildman–Crippen MR) is 221 cm³/mol. The molecule has 1 rings (SSSR count). The van der Waals surface area contributed by atoms with Crippen LogP contribution in [0.25, 0.3) is 0 Å². The molecule has 0 saturated carbocycles. The summed E-state index contributed by atoms with van der Waals surface area (Å²) in [6, 6.07) is 0. The average molecular weight is 793 g/mol. The largest absolute Gasteiger partial charge is 0.462 e. The second-order valence-corrected chi connectivity index (χ2v) is 14.5. The van der Waals surface area contributed by atoms with Crippen LogP contribution in [-0.4, -0.2) is 89.1 Å². The number of allylic oxidation sites excluding steroid dienone is 10. The highest BCUT2D eigenvalue weighted by Crippen LogP contribution is 2.24. The number of carbonyl (C=O) groups is 2. The van der Waals surface area contributed by atoms with Gasteiger partial charge in [0.1, 0.15) is 31.0 Å². The van der Waals surface area contributed by atoms with Gasteiger partial charge < -0.3 is 34.3 Å². The van der Waals surface area contributed by atoms with E-state index in [4.69, 9.17) is 24.2 Å². The minimum absolute atomic E-state index is 0.194. The van der Waals surface area contributed by atoms with Crippen molar-refractivity contribution >= 4 is 11.9 Å². The summed E-state index contributed by atoms with van der Waals surface area (Å²) < 4.78 is 22.2. The van der Waals surface area contributed by atoms with Crippen LogP contribution in [0.4, 0.5) is 0 Å². The predicted octanol–water partition coefficient (Wildman–Crippen LogP) is 9.16. The molecule has 1 fully saturated rings. The molecule has 322 valence electrons. The fraction of sp³-hybridized carbons (Fsp3) is 0.733. The maximum atomic E-state index is 12.8. The third-order valence-electron chi connectivity index (χ3n) is 9.48. The highest BCUT2D eigenvalue weighted by atomic mass is 17.1. The van der Waals surface area contributed by atoms with Crippen molar-refractivity contribution in [1.82, 2.24) is 0 Å². The van der Waals surface area contributed by atoms with Crippen LogP contribution in [0.3, 0.4) is 0 Å². The van der Waals surface area contributed by atoms with Crippen molar-refractivity contribution in [3.8, 4) is 0 Å². The topological polar surface area (TPSA) is 161 Å². The molecule has 6 atom stereocenters. The van der Waals surface area contributed by atoms with Crippen molar-refractivity contribution in [2.45, 2.75) is 192 Å². The van der Waals surface area contributed by atoms with Gasteiger partial charge in [-0.3, -0.25) is 14.8 Å². The van der Waals surface area contributed by atoms with Gasteiger partial charge in [0.05, 0.1) is 13.2 Å². The van der Waals surface area contributed by atoms with Crippen molar-refractivity contribution in [3.63, 3.8) is 0 Å². The number of ether oxygens (including phenoxy) is 4. The molecule has 1 aliphatic heterocycles. The number of hydrogen-bond acceptors (Lipinski definition) is 11. The Hall–Kier alpha value is -2.64. The molecule has 1 aliphatic rings. The molecule has 11 nitrogen and oxygen atoms in total. The van der Waals surface area contributed by atoms with Gasteiger partial charge in [-0.25, -0.2) is 4.89 Å². The first-order valence-electron chi connectivity index (χ1n) is 21.5. The van der Waals surface area contributed by atoms with E-state index in [-0.39, 0.29) is 26.1 Å². The van der Waals surface area contributed by atoms with E-state index in [0.29, 0.717) is 12.8 Å². The van der Waals surface area contributed by atoms with Crippen LogP contribution in [0.15, 0.2) is 60.8 Å². The third kappa shape index (κ3) is 27.1. The van der Waals surface area contributed by atoms with Gasteiger partial charge in [0.2, 0.25) is 0 Å². The van der Waals surface area contributed by atoms with Gasteiger partial charge in [-0.2, -0.15) is 0 Å². The lowest BCUT2D eigenvalue weighted by atomic mass is 9.99. The highest BCUT2D eigenvalue weighted by Gasteiger charge is 2.46. The summed E-state index contributed by atoms with van der Waals surface area (Å²) in [4.78, 5) is 29.5. The molecule has 0 amide bonds. The van der Waals surface area contributed by atoms with E-state index in [2.05, 4.69) is 79.5 Å². The Morgan fingerprint density at radius 2 is 1.12 bits per heavy atom. The van der Waals surface area contributed by atoms with Gasteiger partial charge in [0.25, 0.3) is 0 Å². The lowest BCUT2D eigenvalue weighted by Gasteiger charge is -2.40. The van der Waals surface area contributed by atoms with Crippen LogP contribution in [0.1, 0.15) is 155 Å². The van der Waals surface area contributed by atoms with Crippen molar-refractivity contribution in [3.05, 3.63) is 60.8 Å². The first-order chi connectivity index (χ1) is 27.4. The zero-order valence-corrected chi connectivity index (χ0v) is 34.6. The molecule has 0 aliphatic carbocycles. The van der Waals surface area contributed by atoms with E-state index in [0.717, 1.165) is 96.3 Å². The van der Waals surface area contributed by atoms with Crippen molar-refractivity contribution < 1.29 is 54.0 Å². The van der Waals surface area contributed by atoms with Gasteiger partial charge in [-0.15, -0.1) is 0 Å². The van der Waals surface area contributed by atoms with Crippen molar-refractivity contribution in [1.29, 1.82) is 0 Å². The standard InChI is InChI=1S/C45H76O11/c1-3-5-7-9-11-13-15-17-19-21-23-25-27-29-31-33-40(47)52-36-38(37-53-45-43(50)42(49)44(56-51)39(35-46)55-45)54-41(48)34-32-30-28-26-24-22-20-18-16-14-12-10-8-6-4-2/h6,8,11-14,17-20,38-39,42-46,49-51H,3-5,7,9-10,15-16,21-37H2,1-2H3. The van der Waals surface area contributed by atoms with E-state index >= 15 is 0 Å². The Morgan fingerprint density at radius 1 is 0.625 bits per heavy atom. The highest BCUT2D eigenvalue weighted by molar-refractivity contribution is 5.70. The second kappa shape index (κ2) is 36.7. The fourth-order valence-electron chi connectivity index (χ4n) is 6.11. The maximum Gasteiger partial charge on any atom is 0.306 e. The van der Waals surface area contributed by atoms with E-state index < -0.39 is 55.4 Å². The summed E-state index contributed by atoms with van der Waals surface area (Å²) in [6.07, 6.45) is 34.9. The Bertz CT molecular complexity index is 1100. The molecule has 56 heavy (non-hydrogen) atoms. The summed E-state index contributed by atoms with van der Waals surface area (Å²) in [5.74, 6) is -0.868. The van der Waals surface area contributed by atoms with Crippen molar-refractivity contribution in [2.24, 2.45) is 0 Å². The first kappa shape index (κ1) is 51.4. The zero-order valence-electron chi connectivity index (χ0n) is 34.6. The molecule has 6 unspecified atom stereocenters. The summed E-state index contributed by atoms with van der Waals surface area (Å²) in [5, 5.41) is 39.4. The zero-order chi connectivity index (χ0) is 40.9. The summed E-state index contributed by atoms with van der Waals surface area (Å²) in [5.41, 5.74) is 0. The monoisotopic (exact) mass is 793 g/mol. The number of aliphatic hydroxyl groups excluding tert-OH is 3. The number of aliphatic hydroxyl groups is 3. The smallest absolute Gasteiger partial charge is 0.306 e. The van der Waals surface area contributed by atoms with Crippen LogP contribution in [0, 0.1) is 0 Å². The first-order valence-corrected chi connectivity index (χ1v) is 21.5. The van der Waals surface area contributed by atoms with Gasteiger partial charge in [0, 0.05) is 12.8 Å². The fourth-order valence-corrected chi connectivity index (χ4v) is 6.11. The quantitative estimate of drug-likeness (QED) is 0.0159. The molecular formula is C45H76O11. The molecule has 0 radical (unpaired) electrons. The minimum atomic E-state index is -1.63. The van der Waals surface area contributed by atoms with Crippen LogP contribution in [0.5, 0.6) is 0 Å². The Labute approximate surface area is 337 Å². The van der Waals surface area contributed by atoms with Crippen LogP contribution in [-0.2, 0) is 33.4 Å². The SMILES string of the molecule is CCC=CCC=CCC=CCCCCCCCC(=O)OC(COC(=O)CCCCCCCC=CCC=CCCCCC)COC1OC(CO)C(OO)C(O)C1O. The number of hydrogen-bond donors (Lipinski definition) is 4. The molecule has 0 spiro atoms. The van der Waals surface area contributed by atoms with E-state index in [1.165, 1.54) is 19.3 Å². The van der Waals surface area contributed by atoms with Crippen LogP contribution < -0.4 is 0 Å². The normalized spacial score (nSPS) is 21.0. The molecular weight excluding hydrogens is 716 g/mol. The lowest BCUT2D eigenvalue weighted by Crippen LogP contribution is -2.60. The summed E-state index contributed by atoms with van der Waals surface area (Å²) >= 11 is 0. The molecule has 1 heterocycles. The maximum absolute atomic E-state index is 12.8. The van der Waals surface area contributed by atoms with Gasteiger partial charge >= 0.3 is 11.9 Å². The Morgan fingerprint density at radius 3 is 1.66 bits per heavy atom. The summed E-state index contributed by atoms with van der Waals surface area (Å²) in [7, 11) is 0. The third-order valence-corrected chi connectivity index (χ3v) is 9.48. The van der Waals surface area contributed by atoms with Crippen LogP contribution in [0.2, 0.25) is 0 Å². The molecule has 1 saturated heterocycles. The van der Waals surface area contributed by atoms with Crippen LogP contribution >= 0.6 is 0 Å². The summed E-state index contributed by atoms with van der Waals surface area (Å²) in [6.45, 7) is 3.17. The Balaban J connectivity index is 2.42. The molecule has 0 aromatic carbocycles. The second-order valence-electron chi connectivity index (χ2n) is 14.5. The van der Waals surface area contributed by atoms with E-state index in [1.54, 1.807) is 0 Å².